The summed E-state index contributed by atoms with van der Waals surface area (Å²) in [5.74, 6) is 1.21. The second kappa shape index (κ2) is 5.77. The molecule has 1 aliphatic carbocycles. The molecule has 1 aliphatic rings. The first kappa shape index (κ1) is 13.9. The highest BCUT2D eigenvalue weighted by atomic mass is 32.1. The van der Waals surface area contributed by atoms with E-state index in [0.717, 1.165) is 30.0 Å². The van der Waals surface area contributed by atoms with Gasteiger partial charge >= 0.3 is 0 Å². The molecule has 0 atom stereocenters. The van der Waals surface area contributed by atoms with Crippen LogP contribution in [0.2, 0.25) is 0 Å². The van der Waals surface area contributed by atoms with Crippen LogP contribution < -0.4 is 10.6 Å². The summed E-state index contributed by atoms with van der Waals surface area (Å²) >= 11 is 1.38. The Bertz CT molecular complexity index is 650. The summed E-state index contributed by atoms with van der Waals surface area (Å²) < 4.78 is 0. The fourth-order valence-electron chi connectivity index (χ4n) is 2.48. The molecular formula is C14H17N5OS. The van der Waals surface area contributed by atoms with Gasteiger partial charge in [0.2, 0.25) is 0 Å². The zero-order valence-corrected chi connectivity index (χ0v) is 12.8. The lowest BCUT2D eigenvalue weighted by Gasteiger charge is -2.35. The second-order valence-corrected chi connectivity index (χ2v) is 6.04. The van der Waals surface area contributed by atoms with Crippen molar-refractivity contribution in [1.29, 1.82) is 0 Å². The number of hydrogen-bond acceptors (Lipinski definition) is 6. The van der Waals surface area contributed by atoms with E-state index in [1.165, 1.54) is 11.3 Å². The molecule has 2 aromatic heterocycles. The molecule has 0 spiro atoms. The molecule has 0 bridgehead atoms. The monoisotopic (exact) mass is 303 g/mol. The van der Waals surface area contributed by atoms with Gasteiger partial charge in [0, 0.05) is 30.8 Å². The number of carbonyl (C=O) groups is 1. The Morgan fingerprint density at radius 2 is 2.14 bits per heavy atom. The maximum Gasteiger partial charge on any atom is 0.263 e. The highest BCUT2D eigenvalue weighted by Gasteiger charge is 2.33. The van der Waals surface area contributed by atoms with E-state index in [9.17, 15) is 4.79 Å². The number of aryl methyl sites for hydroxylation is 1. The SMILES string of the molecule is CNc1cc(C2CC(NC(=O)c3scnc3C)C2)ncn1. The Balaban J connectivity index is 1.56. The Labute approximate surface area is 127 Å². The summed E-state index contributed by atoms with van der Waals surface area (Å²) in [6, 6.07) is 2.19. The average molecular weight is 303 g/mol. The number of amides is 1. The van der Waals surface area contributed by atoms with Crippen LogP contribution in [0.5, 0.6) is 0 Å². The van der Waals surface area contributed by atoms with Gasteiger partial charge in [-0.2, -0.15) is 0 Å². The molecule has 1 saturated carbocycles. The third-order valence-electron chi connectivity index (χ3n) is 3.79. The summed E-state index contributed by atoms with van der Waals surface area (Å²) in [6.07, 6.45) is 3.42. The van der Waals surface area contributed by atoms with Gasteiger partial charge in [-0.25, -0.2) is 15.0 Å². The highest BCUT2D eigenvalue weighted by Crippen LogP contribution is 2.36. The van der Waals surface area contributed by atoms with E-state index >= 15 is 0 Å². The molecule has 2 heterocycles. The average Bonchev–Trinajstić information content (AvgIpc) is 2.88. The van der Waals surface area contributed by atoms with Crippen LogP contribution in [0.3, 0.4) is 0 Å². The molecule has 0 aromatic carbocycles. The van der Waals surface area contributed by atoms with E-state index < -0.39 is 0 Å². The molecule has 3 rings (SSSR count). The molecule has 21 heavy (non-hydrogen) atoms. The normalized spacial score (nSPS) is 20.7. The first-order chi connectivity index (χ1) is 10.2. The number of aromatic nitrogens is 3. The van der Waals surface area contributed by atoms with Gasteiger partial charge in [-0.05, 0) is 19.8 Å². The zero-order chi connectivity index (χ0) is 14.8. The third kappa shape index (κ3) is 2.87. The van der Waals surface area contributed by atoms with E-state index in [0.29, 0.717) is 10.8 Å². The Morgan fingerprint density at radius 1 is 1.33 bits per heavy atom. The van der Waals surface area contributed by atoms with Crippen molar-refractivity contribution in [2.24, 2.45) is 0 Å². The van der Waals surface area contributed by atoms with Gasteiger partial charge in [0.15, 0.2) is 0 Å². The van der Waals surface area contributed by atoms with E-state index in [2.05, 4.69) is 25.6 Å². The van der Waals surface area contributed by atoms with Gasteiger partial charge in [-0.3, -0.25) is 4.79 Å². The first-order valence-corrected chi connectivity index (χ1v) is 7.76. The minimum atomic E-state index is -0.0166. The Hall–Kier alpha value is -2.02. The molecule has 1 fully saturated rings. The minimum Gasteiger partial charge on any atom is -0.373 e. The van der Waals surface area contributed by atoms with E-state index in [-0.39, 0.29) is 11.9 Å². The van der Waals surface area contributed by atoms with Crippen molar-refractivity contribution in [3.05, 3.63) is 34.2 Å². The quantitative estimate of drug-likeness (QED) is 0.902. The number of rotatable bonds is 4. The number of carbonyl (C=O) groups excluding carboxylic acids is 1. The first-order valence-electron chi connectivity index (χ1n) is 6.88. The molecule has 110 valence electrons. The van der Waals surface area contributed by atoms with E-state index in [4.69, 9.17) is 0 Å². The van der Waals surface area contributed by atoms with Crippen LogP contribution in [0, 0.1) is 6.92 Å². The molecular weight excluding hydrogens is 286 g/mol. The van der Waals surface area contributed by atoms with Crippen LogP contribution >= 0.6 is 11.3 Å². The fraction of sp³-hybridized carbons (Fsp3) is 0.429. The Morgan fingerprint density at radius 3 is 2.81 bits per heavy atom. The number of thiazole rings is 1. The lowest BCUT2D eigenvalue weighted by molar-refractivity contribution is 0.0911. The molecule has 2 N–H and O–H groups in total. The van der Waals surface area contributed by atoms with Gasteiger partial charge in [0.25, 0.3) is 5.91 Å². The lowest BCUT2D eigenvalue weighted by Crippen LogP contribution is -2.43. The summed E-state index contributed by atoms with van der Waals surface area (Å²) in [5, 5.41) is 6.07. The predicted octanol–water partition coefficient (Wildman–Crippen LogP) is 1.96. The number of nitrogens with zero attached hydrogens (tertiary/aromatic N) is 3. The van der Waals surface area contributed by atoms with Crippen molar-refractivity contribution in [1.82, 2.24) is 20.3 Å². The van der Waals surface area contributed by atoms with Crippen molar-refractivity contribution < 1.29 is 4.79 Å². The van der Waals surface area contributed by atoms with Crippen LogP contribution in [0.25, 0.3) is 0 Å². The van der Waals surface area contributed by atoms with Crippen molar-refractivity contribution >= 4 is 23.1 Å². The lowest BCUT2D eigenvalue weighted by atomic mass is 9.78. The molecule has 0 aliphatic heterocycles. The highest BCUT2D eigenvalue weighted by molar-refractivity contribution is 7.11. The van der Waals surface area contributed by atoms with Crippen molar-refractivity contribution in [3.63, 3.8) is 0 Å². The van der Waals surface area contributed by atoms with Gasteiger partial charge in [0.05, 0.1) is 11.2 Å². The third-order valence-corrected chi connectivity index (χ3v) is 4.72. The van der Waals surface area contributed by atoms with Crippen LogP contribution in [0.1, 0.15) is 39.8 Å². The molecule has 6 nitrogen and oxygen atoms in total. The van der Waals surface area contributed by atoms with E-state index in [1.807, 2.05) is 20.0 Å². The van der Waals surface area contributed by atoms with Crippen molar-refractivity contribution in [2.45, 2.75) is 31.7 Å². The van der Waals surface area contributed by atoms with Crippen LogP contribution in [0.15, 0.2) is 17.9 Å². The summed E-state index contributed by atoms with van der Waals surface area (Å²) in [6.45, 7) is 1.86. The molecule has 1 amide bonds. The van der Waals surface area contributed by atoms with Gasteiger partial charge in [-0.15, -0.1) is 11.3 Å². The van der Waals surface area contributed by atoms with Gasteiger partial charge in [-0.1, -0.05) is 0 Å². The molecule has 2 aromatic rings. The molecule has 0 radical (unpaired) electrons. The summed E-state index contributed by atoms with van der Waals surface area (Å²) in [7, 11) is 1.84. The van der Waals surface area contributed by atoms with Crippen LogP contribution in [0.4, 0.5) is 5.82 Å². The van der Waals surface area contributed by atoms with Crippen molar-refractivity contribution in [2.75, 3.05) is 12.4 Å². The number of nitrogens with one attached hydrogen (secondary N) is 2. The molecule has 0 unspecified atom stereocenters. The van der Waals surface area contributed by atoms with E-state index in [1.54, 1.807) is 11.8 Å². The largest absolute Gasteiger partial charge is 0.373 e. The smallest absolute Gasteiger partial charge is 0.263 e. The maximum absolute atomic E-state index is 12.1. The number of anilines is 1. The van der Waals surface area contributed by atoms with Crippen molar-refractivity contribution in [3.8, 4) is 0 Å². The second-order valence-electron chi connectivity index (χ2n) is 5.18. The minimum absolute atomic E-state index is 0.0166. The van der Waals surface area contributed by atoms with Crippen LogP contribution in [-0.2, 0) is 0 Å². The summed E-state index contributed by atoms with van der Waals surface area (Å²) in [5.41, 5.74) is 3.53. The zero-order valence-electron chi connectivity index (χ0n) is 12.0. The predicted molar refractivity (Wildman–Crippen MR) is 81.7 cm³/mol. The van der Waals surface area contributed by atoms with Gasteiger partial charge < -0.3 is 10.6 Å². The maximum atomic E-state index is 12.1. The van der Waals surface area contributed by atoms with Gasteiger partial charge in [0.1, 0.15) is 17.0 Å². The Kier molecular flexibility index (Phi) is 3.83. The van der Waals surface area contributed by atoms with Crippen LogP contribution in [-0.4, -0.2) is 33.9 Å². The fourth-order valence-corrected chi connectivity index (χ4v) is 3.19. The topological polar surface area (TPSA) is 79.8 Å². The molecule has 7 heteroatoms. The summed E-state index contributed by atoms with van der Waals surface area (Å²) in [4.78, 5) is 25.3. The standard InChI is InChI=1S/C14H17N5OS/c1-8-13(21-7-18-8)14(20)19-10-3-9(4-10)11-5-12(15-2)17-6-16-11/h5-7,9-10H,3-4H2,1-2H3,(H,19,20)(H,15,16,17). The molecule has 0 saturated heterocycles. The number of hydrogen-bond donors (Lipinski definition) is 2.